The number of nitrogens with zero attached hydrogens (tertiary/aromatic N) is 2. The SMILES string of the molecule is CC1CCCCN1Cc1ccnc(N)c1. The van der Waals surface area contributed by atoms with Crippen LogP contribution in [0.15, 0.2) is 18.3 Å². The highest BCUT2D eigenvalue weighted by atomic mass is 15.2. The van der Waals surface area contributed by atoms with E-state index in [1.165, 1.54) is 31.4 Å². The summed E-state index contributed by atoms with van der Waals surface area (Å²) >= 11 is 0. The second-order valence-corrected chi connectivity index (χ2v) is 4.40. The van der Waals surface area contributed by atoms with E-state index in [1.807, 2.05) is 6.07 Å². The van der Waals surface area contributed by atoms with Gasteiger partial charge >= 0.3 is 0 Å². The number of hydrogen-bond acceptors (Lipinski definition) is 3. The van der Waals surface area contributed by atoms with Crippen molar-refractivity contribution >= 4 is 5.82 Å². The van der Waals surface area contributed by atoms with E-state index in [0.717, 1.165) is 6.54 Å². The Morgan fingerprint density at radius 1 is 1.53 bits per heavy atom. The van der Waals surface area contributed by atoms with E-state index in [1.54, 1.807) is 6.20 Å². The monoisotopic (exact) mass is 205 g/mol. The Hall–Kier alpha value is -1.09. The Balaban J connectivity index is 2.01. The van der Waals surface area contributed by atoms with Gasteiger partial charge < -0.3 is 5.73 Å². The molecule has 0 aromatic carbocycles. The summed E-state index contributed by atoms with van der Waals surface area (Å²) in [6.07, 6.45) is 5.81. The molecule has 1 saturated heterocycles. The number of nitrogen functional groups attached to an aromatic ring is 1. The molecule has 15 heavy (non-hydrogen) atoms. The molecule has 0 radical (unpaired) electrons. The van der Waals surface area contributed by atoms with Gasteiger partial charge in [0.15, 0.2) is 0 Å². The van der Waals surface area contributed by atoms with Gasteiger partial charge in [0.05, 0.1) is 0 Å². The van der Waals surface area contributed by atoms with Crippen molar-refractivity contribution in [3.05, 3.63) is 23.9 Å². The maximum atomic E-state index is 5.67. The van der Waals surface area contributed by atoms with Crippen LogP contribution in [0.4, 0.5) is 5.82 Å². The van der Waals surface area contributed by atoms with E-state index in [0.29, 0.717) is 11.9 Å². The number of likely N-dealkylation sites (tertiary alicyclic amines) is 1. The highest BCUT2D eigenvalue weighted by Crippen LogP contribution is 2.19. The molecule has 0 aliphatic carbocycles. The Morgan fingerprint density at radius 2 is 2.40 bits per heavy atom. The minimum absolute atomic E-state index is 0.622. The summed E-state index contributed by atoms with van der Waals surface area (Å²) < 4.78 is 0. The van der Waals surface area contributed by atoms with E-state index < -0.39 is 0 Å². The second kappa shape index (κ2) is 4.62. The molecule has 1 aromatic rings. The van der Waals surface area contributed by atoms with Crippen molar-refractivity contribution in [1.29, 1.82) is 0 Å². The highest BCUT2D eigenvalue weighted by Gasteiger charge is 2.17. The molecule has 1 fully saturated rings. The predicted octanol–water partition coefficient (Wildman–Crippen LogP) is 2.04. The fraction of sp³-hybridized carbons (Fsp3) is 0.583. The number of nitrogens with two attached hydrogens (primary N) is 1. The molecule has 0 spiro atoms. The third-order valence-electron chi connectivity index (χ3n) is 3.17. The number of rotatable bonds is 2. The van der Waals surface area contributed by atoms with Gasteiger partial charge in [0.1, 0.15) is 5.82 Å². The van der Waals surface area contributed by atoms with Crippen molar-refractivity contribution in [2.75, 3.05) is 12.3 Å². The fourth-order valence-corrected chi connectivity index (χ4v) is 2.22. The molecule has 1 aromatic heterocycles. The summed E-state index contributed by atoms with van der Waals surface area (Å²) in [6.45, 7) is 4.53. The van der Waals surface area contributed by atoms with Crippen molar-refractivity contribution in [3.8, 4) is 0 Å². The second-order valence-electron chi connectivity index (χ2n) is 4.40. The van der Waals surface area contributed by atoms with Crippen LogP contribution in [0.1, 0.15) is 31.7 Å². The highest BCUT2D eigenvalue weighted by molar-refractivity contribution is 5.31. The van der Waals surface area contributed by atoms with E-state index in [2.05, 4.69) is 22.9 Å². The first kappa shape index (κ1) is 10.4. The summed E-state index contributed by atoms with van der Waals surface area (Å²) in [5.74, 6) is 0.622. The number of aromatic nitrogens is 1. The van der Waals surface area contributed by atoms with Gasteiger partial charge in [0.25, 0.3) is 0 Å². The largest absolute Gasteiger partial charge is 0.384 e. The third kappa shape index (κ3) is 2.69. The van der Waals surface area contributed by atoms with Gasteiger partial charge in [-0.15, -0.1) is 0 Å². The Labute approximate surface area is 91.3 Å². The van der Waals surface area contributed by atoms with Gasteiger partial charge in [-0.1, -0.05) is 6.42 Å². The summed E-state index contributed by atoms with van der Waals surface area (Å²) in [7, 11) is 0. The molecule has 2 heterocycles. The zero-order valence-electron chi connectivity index (χ0n) is 9.32. The first-order valence-corrected chi connectivity index (χ1v) is 5.70. The molecule has 2 N–H and O–H groups in total. The lowest BCUT2D eigenvalue weighted by Crippen LogP contribution is -2.36. The normalized spacial score (nSPS) is 22.9. The molecule has 0 amide bonds. The van der Waals surface area contributed by atoms with Crippen molar-refractivity contribution in [2.45, 2.75) is 38.8 Å². The van der Waals surface area contributed by atoms with Crippen LogP contribution < -0.4 is 5.73 Å². The standard InChI is InChI=1S/C12H19N3/c1-10-4-2-3-7-15(10)9-11-5-6-14-12(13)8-11/h5-6,8,10H,2-4,7,9H2,1H3,(H2,13,14). The molecule has 0 bridgehead atoms. The zero-order valence-corrected chi connectivity index (χ0v) is 9.32. The molecular formula is C12H19N3. The average molecular weight is 205 g/mol. The van der Waals surface area contributed by atoms with Crippen LogP contribution >= 0.6 is 0 Å². The van der Waals surface area contributed by atoms with Crippen molar-refractivity contribution in [1.82, 2.24) is 9.88 Å². The van der Waals surface area contributed by atoms with Crippen molar-refractivity contribution in [3.63, 3.8) is 0 Å². The van der Waals surface area contributed by atoms with Gasteiger partial charge in [-0.25, -0.2) is 4.98 Å². The van der Waals surface area contributed by atoms with Crippen LogP contribution in [0.2, 0.25) is 0 Å². The van der Waals surface area contributed by atoms with Gasteiger partial charge in [-0.05, 0) is 44.0 Å². The van der Waals surface area contributed by atoms with Gasteiger partial charge in [-0.3, -0.25) is 4.90 Å². The average Bonchev–Trinajstić information content (AvgIpc) is 2.22. The summed E-state index contributed by atoms with van der Waals surface area (Å²) in [4.78, 5) is 6.54. The van der Waals surface area contributed by atoms with Crippen LogP contribution in [0.3, 0.4) is 0 Å². The molecule has 3 heteroatoms. The lowest BCUT2D eigenvalue weighted by molar-refractivity contribution is 0.152. The molecule has 1 aliphatic rings. The maximum Gasteiger partial charge on any atom is 0.123 e. The first-order chi connectivity index (χ1) is 7.25. The van der Waals surface area contributed by atoms with E-state index in [4.69, 9.17) is 5.73 Å². The van der Waals surface area contributed by atoms with Crippen LogP contribution in [0.25, 0.3) is 0 Å². The number of piperidine rings is 1. The van der Waals surface area contributed by atoms with Gasteiger partial charge in [0.2, 0.25) is 0 Å². The molecule has 3 nitrogen and oxygen atoms in total. The zero-order chi connectivity index (χ0) is 10.7. The van der Waals surface area contributed by atoms with E-state index in [9.17, 15) is 0 Å². The summed E-state index contributed by atoms with van der Waals surface area (Å²) in [5, 5.41) is 0. The predicted molar refractivity (Wildman–Crippen MR) is 62.4 cm³/mol. The smallest absolute Gasteiger partial charge is 0.123 e. The number of anilines is 1. The van der Waals surface area contributed by atoms with Crippen LogP contribution in [-0.2, 0) is 6.54 Å². The molecule has 0 saturated carbocycles. The van der Waals surface area contributed by atoms with E-state index >= 15 is 0 Å². The molecule has 1 aliphatic heterocycles. The third-order valence-corrected chi connectivity index (χ3v) is 3.17. The number of pyridine rings is 1. The first-order valence-electron chi connectivity index (χ1n) is 5.70. The number of hydrogen-bond donors (Lipinski definition) is 1. The minimum atomic E-state index is 0.622. The van der Waals surface area contributed by atoms with Crippen molar-refractivity contribution < 1.29 is 0 Å². The lowest BCUT2D eigenvalue weighted by Gasteiger charge is -2.33. The Morgan fingerprint density at radius 3 is 3.13 bits per heavy atom. The Kier molecular flexibility index (Phi) is 3.21. The van der Waals surface area contributed by atoms with Gasteiger partial charge in [0, 0.05) is 18.8 Å². The Bertz CT molecular complexity index is 324. The summed E-state index contributed by atoms with van der Waals surface area (Å²) in [6, 6.07) is 4.73. The minimum Gasteiger partial charge on any atom is -0.384 e. The molecule has 1 atom stereocenters. The maximum absolute atomic E-state index is 5.67. The summed E-state index contributed by atoms with van der Waals surface area (Å²) in [5.41, 5.74) is 6.94. The van der Waals surface area contributed by atoms with E-state index in [-0.39, 0.29) is 0 Å². The quantitative estimate of drug-likeness (QED) is 0.803. The fourth-order valence-electron chi connectivity index (χ4n) is 2.22. The van der Waals surface area contributed by atoms with Crippen LogP contribution in [-0.4, -0.2) is 22.5 Å². The van der Waals surface area contributed by atoms with Gasteiger partial charge in [-0.2, -0.15) is 0 Å². The molecule has 82 valence electrons. The topological polar surface area (TPSA) is 42.2 Å². The molecule has 2 rings (SSSR count). The van der Waals surface area contributed by atoms with Crippen LogP contribution in [0.5, 0.6) is 0 Å². The molecule has 1 unspecified atom stereocenters. The van der Waals surface area contributed by atoms with Crippen molar-refractivity contribution in [2.24, 2.45) is 0 Å². The van der Waals surface area contributed by atoms with Crippen LogP contribution in [0, 0.1) is 0 Å². The lowest BCUT2D eigenvalue weighted by atomic mass is 10.0. The molecular weight excluding hydrogens is 186 g/mol.